The van der Waals surface area contributed by atoms with Gasteiger partial charge in [0.25, 0.3) is 0 Å². The largest absolute Gasteiger partial charge is 0.490 e. The third-order valence-corrected chi connectivity index (χ3v) is 7.44. The Kier molecular flexibility index (Phi) is 5.54. The van der Waals surface area contributed by atoms with E-state index in [0.717, 1.165) is 38.2 Å². The molecule has 0 aliphatic carbocycles. The van der Waals surface area contributed by atoms with E-state index in [9.17, 15) is 4.21 Å². The highest BCUT2D eigenvalue weighted by Gasteiger charge is 2.32. The highest BCUT2D eigenvalue weighted by molar-refractivity contribution is 7.99. The van der Waals surface area contributed by atoms with Crippen LogP contribution in [0.2, 0.25) is 0 Å². The molecule has 0 bridgehead atoms. The third kappa shape index (κ3) is 4.57. The predicted molar refractivity (Wildman–Crippen MR) is 122 cm³/mol. The van der Waals surface area contributed by atoms with Gasteiger partial charge in [0.15, 0.2) is 10.1 Å². The van der Waals surface area contributed by atoms with Crippen molar-refractivity contribution in [2.75, 3.05) is 32.6 Å². The summed E-state index contributed by atoms with van der Waals surface area (Å²) in [6.07, 6.45) is 9.96. The summed E-state index contributed by atoms with van der Waals surface area (Å²) in [5.41, 5.74) is 6.16. The van der Waals surface area contributed by atoms with Gasteiger partial charge in [-0.25, -0.2) is 0 Å². The minimum Gasteiger partial charge on any atom is -0.490 e. The van der Waals surface area contributed by atoms with Crippen molar-refractivity contribution < 1.29 is 8.95 Å². The van der Waals surface area contributed by atoms with Crippen molar-refractivity contribution >= 4 is 16.2 Å². The van der Waals surface area contributed by atoms with Gasteiger partial charge in [-0.15, -0.1) is 4.31 Å². The molecule has 0 radical (unpaired) electrons. The number of ether oxygens (including phenoxy) is 1. The van der Waals surface area contributed by atoms with Crippen molar-refractivity contribution in [2.24, 2.45) is 0 Å². The molecule has 5 heteroatoms. The van der Waals surface area contributed by atoms with Crippen LogP contribution in [0.1, 0.15) is 29.5 Å². The number of benzene rings is 2. The van der Waals surface area contributed by atoms with Gasteiger partial charge in [0.1, 0.15) is 24.4 Å². The van der Waals surface area contributed by atoms with Gasteiger partial charge in [0, 0.05) is 45.1 Å². The Balaban J connectivity index is 1.63. The average Bonchev–Trinajstić information content (AvgIpc) is 2.68. The van der Waals surface area contributed by atoms with Crippen molar-refractivity contribution in [1.29, 1.82) is 0 Å². The second kappa shape index (κ2) is 7.96. The molecule has 0 saturated carbocycles. The Labute approximate surface area is 175 Å². The fourth-order valence-corrected chi connectivity index (χ4v) is 5.25. The lowest BCUT2D eigenvalue weighted by atomic mass is 9.95. The molecule has 0 spiro atoms. The zero-order valence-electron chi connectivity index (χ0n) is 17.9. The van der Waals surface area contributed by atoms with E-state index in [2.05, 4.69) is 71.9 Å². The Morgan fingerprint density at radius 2 is 1.83 bits per heavy atom. The molecule has 0 atom stereocenters. The third-order valence-electron chi connectivity index (χ3n) is 5.83. The molecule has 29 heavy (non-hydrogen) atoms. The number of aryl methyl sites for hydroxylation is 1. The summed E-state index contributed by atoms with van der Waals surface area (Å²) in [4.78, 5) is 2.19. The van der Waals surface area contributed by atoms with Crippen molar-refractivity contribution in [2.45, 2.75) is 32.4 Å². The van der Waals surface area contributed by atoms with Gasteiger partial charge in [0.05, 0.1) is 0 Å². The molecule has 0 unspecified atom stereocenters. The smallest absolute Gasteiger partial charge is 0.152 e. The number of piperidine rings is 1. The summed E-state index contributed by atoms with van der Waals surface area (Å²) < 4.78 is 21.0. The quantitative estimate of drug-likeness (QED) is 0.690. The van der Waals surface area contributed by atoms with E-state index in [1.807, 2.05) is 12.5 Å². The lowest BCUT2D eigenvalue weighted by molar-refractivity contribution is 0.134. The molecule has 1 saturated heterocycles. The van der Waals surface area contributed by atoms with Gasteiger partial charge in [-0.05, 0) is 48.0 Å². The summed E-state index contributed by atoms with van der Waals surface area (Å²) in [5, 5.41) is 0. The fourth-order valence-electron chi connectivity index (χ4n) is 4.16. The average molecular weight is 412 g/mol. The summed E-state index contributed by atoms with van der Waals surface area (Å²) >= 11 is 0. The van der Waals surface area contributed by atoms with Gasteiger partial charge < -0.3 is 9.64 Å². The van der Waals surface area contributed by atoms with Gasteiger partial charge in [-0.1, -0.05) is 34.0 Å². The van der Waals surface area contributed by atoms with Crippen LogP contribution < -0.4 is 4.74 Å². The van der Waals surface area contributed by atoms with Crippen molar-refractivity contribution in [1.82, 2.24) is 9.21 Å². The Morgan fingerprint density at radius 1 is 1.07 bits per heavy atom. The highest BCUT2D eigenvalue weighted by Crippen LogP contribution is 2.36. The van der Waals surface area contributed by atoms with Gasteiger partial charge in [-0.2, -0.15) is 0 Å². The number of nitrogens with zero attached hydrogens (tertiary/aromatic N) is 2. The molecule has 0 amide bonds. The topological polar surface area (TPSA) is 32.8 Å². The van der Waals surface area contributed by atoms with Crippen molar-refractivity contribution in [3.8, 4) is 16.9 Å². The van der Waals surface area contributed by atoms with Crippen LogP contribution in [0, 0.1) is 6.92 Å². The first kappa shape index (κ1) is 20.2. The second-order valence-electron chi connectivity index (χ2n) is 8.57. The van der Waals surface area contributed by atoms with Crippen LogP contribution >= 0.6 is 0 Å². The lowest BCUT2D eigenvalue weighted by Crippen LogP contribution is -2.43. The number of hydrogen-bond donors (Lipinski definition) is 0. The summed E-state index contributed by atoms with van der Waals surface area (Å²) in [5.74, 6) is 0.988. The van der Waals surface area contributed by atoms with Crippen molar-refractivity contribution in [3.05, 3.63) is 59.3 Å². The molecule has 0 aromatic heterocycles. The van der Waals surface area contributed by atoms with Crippen LogP contribution in [0.15, 0.2) is 42.6 Å². The predicted octanol–water partition coefficient (Wildman–Crippen LogP) is 4.60. The van der Waals surface area contributed by atoms with E-state index < -0.39 is 10.1 Å². The SMILES string of the molecule is Cc1cccc(-c2cc3c(c(OC4CCN([S+](C)(C)=O)CC4)c2)CN(C)C=C3)c1. The molecule has 154 valence electrons. The summed E-state index contributed by atoms with van der Waals surface area (Å²) in [6.45, 7) is 4.64. The van der Waals surface area contributed by atoms with Crippen LogP contribution in [0.5, 0.6) is 5.75 Å². The number of rotatable bonds is 4. The van der Waals surface area contributed by atoms with E-state index in [1.54, 1.807) is 0 Å². The minimum atomic E-state index is -1.88. The normalized spacial score (nSPS) is 18.0. The first-order valence-corrected chi connectivity index (χ1v) is 12.6. The fraction of sp³-hybridized carbons (Fsp3) is 0.417. The summed E-state index contributed by atoms with van der Waals surface area (Å²) in [6, 6.07) is 13.1. The molecule has 2 aromatic rings. The first-order valence-electron chi connectivity index (χ1n) is 10.3. The summed E-state index contributed by atoms with van der Waals surface area (Å²) in [7, 11) is 0.214. The van der Waals surface area contributed by atoms with E-state index in [0.29, 0.717) is 0 Å². The van der Waals surface area contributed by atoms with E-state index in [1.165, 1.54) is 27.8 Å². The maximum absolute atomic E-state index is 12.3. The number of fused-ring (bicyclic) bond motifs is 1. The van der Waals surface area contributed by atoms with Gasteiger partial charge >= 0.3 is 0 Å². The molecule has 4 rings (SSSR count). The molecule has 0 N–H and O–H groups in total. The Bertz CT molecular complexity index is 971. The van der Waals surface area contributed by atoms with E-state index in [-0.39, 0.29) is 6.10 Å². The number of hydrogen-bond acceptors (Lipinski definition) is 3. The van der Waals surface area contributed by atoms with Crippen LogP contribution in [0.25, 0.3) is 17.2 Å². The van der Waals surface area contributed by atoms with Gasteiger partial charge in [0.2, 0.25) is 0 Å². The Morgan fingerprint density at radius 3 is 2.52 bits per heavy atom. The molecular weight excluding hydrogens is 380 g/mol. The maximum atomic E-state index is 12.3. The Hall–Kier alpha value is -2.11. The molecule has 1 fully saturated rings. The molecule has 4 nitrogen and oxygen atoms in total. The lowest BCUT2D eigenvalue weighted by Gasteiger charge is -2.32. The molecule has 2 aliphatic heterocycles. The van der Waals surface area contributed by atoms with Crippen LogP contribution in [-0.2, 0) is 20.9 Å². The first-order chi connectivity index (χ1) is 13.8. The zero-order chi connectivity index (χ0) is 20.6. The highest BCUT2D eigenvalue weighted by atomic mass is 32.3. The van der Waals surface area contributed by atoms with E-state index >= 15 is 0 Å². The van der Waals surface area contributed by atoms with Crippen LogP contribution in [0.4, 0.5) is 0 Å². The van der Waals surface area contributed by atoms with Crippen LogP contribution in [0.3, 0.4) is 0 Å². The molecule has 2 aromatic carbocycles. The maximum Gasteiger partial charge on any atom is 0.152 e. The molecule has 2 aliphatic rings. The van der Waals surface area contributed by atoms with Crippen LogP contribution in [-0.4, -0.2) is 48.0 Å². The van der Waals surface area contributed by atoms with E-state index in [4.69, 9.17) is 4.74 Å². The standard InChI is InChI=1S/C24H31N2O2S/c1-18-6-5-7-19(14-18)21-15-20-8-11-25(2)17-23(20)24(16-21)28-22-9-12-26(13-10-22)29(3,4)27/h5-8,11,14-16,22H,9-10,12-13,17H2,1-4H3/q+1. The van der Waals surface area contributed by atoms with Gasteiger partial charge in [-0.3, -0.25) is 0 Å². The molecule has 2 heterocycles. The monoisotopic (exact) mass is 411 g/mol. The van der Waals surface area contributed by atoms with Crippen molar-refractivity contribution in [3.63, 3.8) is 0 Å². The second-order valence-corrected chi connectivity index (χ2v) is 11.4. The minimum absolute atomic E-state index is 0.168. The zero-order valence-corrected chi connectivity index (χ0v) is 18.7. The molecular formula is C24H31N2O2S+.